The Morgan fingerprint density at radius 1 is 1.32 bits per heavy atom. The van der Waals surface area contributed by atoms with Crippen LogP contribution in [0.2, 0.25) is 0 Å². The third kappa shape index (κ3) is 3.36. The van der Waals surface area contributed by atoms with Crippen molar-refractivity contribution in [1.29, 1.82) is 0 Å². The summed E-state index contributed by atoms with van der Waals surface area (Å²) in [5.41, 5.74) is 5.61. The Morgan fingerprint density at radius 3 is 2.48 bits per heavy atom. The van der Waals surface area contributed by atoms with E-state index in [1.54, 1.807) is 11.8 Å². The van der Waals surface area contributed by atoms with Crippen molar-refractivity contribution < 1.29 is 19.4 Å². The quantitative estimate of drug-likeness (QED) is 0.727. The molecular weight excluding hydrogens is 344 g/mol. The molecule has 0 aromatic carbocycles. The molecule has 1 aromatic rings. The molecule has 1 aromatic heterocycles. The van der Waals surface area contributed by atoms with Crippen LogP contribution in [0.5, 0.6) is 0 Å². The maximum atomic E-state index is 12.5. The highest BCUT2D eigenvalue weighted by atomic mass is 32.1. The van der Waals surface area contributed by atoms with Crippen molar-refractivity contribution in [2.24, 2.45) is 5.73 Å². The van der Waals surface area contributed by atoms with E-state index in [-0.39, 0.29) is 11.9 Å². The zero-order valence-corrected chi connectivity index (χ0v) is 15.3. The zero-order chi connectivity index (χ0) is 18.2. The maximum Gasteiger partial charge on any atom is 0.350 e. The van der Waals surface area contributed by atoms with Crippen LogP contribution in [0, 0.1) is 6.92 Å². The lowest BCUT2D eigenvalue weighted by molar-refractivity contribution is -0.144. The van der Waals surface area contributed by atoms with Crippen molar-refractivity contribution in [2.75, 3.05) is 38.2 Å². The normalized spacial score (nSPS) is 20.8. The first-order valence-corrected chi connectivity index (χ1v) is 9.25. The van der Waals surface area contributed by atoms with Crippen LogP contribution >= 0.6 is 11.3 Å². The number of nitrogens with zero attached hydrogens (tertiary/aromatic N) is 3. The van der Waals surface area contributed by atoms with Gasteiger partial charge in [-0.1, -0.05) is 11.3 Å². The van der Waals surface area contributed by atoms with Gasteiger partial charge in [0.05, 0.1) is 18.4 Å². The molecule has 1 atom stereocenters. The van der Waals surface area contributed by atoms with E-state index in [0.717, 1.165) is 11.6 Å². The third-order valence-electron chi connectivity index (χ3n) is 5.08. The van der Waals surface area contributed by atoms with E-state index < -0.39 is 11.6 Å². The topological polar surface area (TPSA) is 109 Å². The number of aryl methyl sites for hydroxylation is 1. The fraction of sp³-hybridized carbons (Fsp3) is 0.688. The summed E-state index contributed by atoms with van der Waals surface area (Å²) in [4.78, 5) is 32.9. The Hall–Kier alpha value is -1.71. The van der Waals surface area contributed by atoms with Crippen LogP contribution in [0.15, 0.2) is 0 Å². The average molecular weight is 368 g/mol. The summed E-state index contributed by atoms with van der Waals surface area (Å²) < 4.78 is 4.76. The molecule has 9 heteroatoms. The third-order valence-corrected chi connectivity index (χ3v) is 6.28. The zero-order valence-electron chi connectivity index (χ0n) is 14.5. The molecule has 2 fully saturated rings. The van der Waals surface area contributed by atoms with E-state index in [1.165, 1.54) is 18.4 Å². The molecule has 1 aliphatic carbocycles. The number of nitrogens with two attached hydrogens (primary N) is 1. The van der Waals surface area contributed by atoms with Crippen LogP contribution in [-0.4, -0.2) is 71.8 Å². The van der Waals surface area contributed by atoms with Crippen LogP contribution in [0.3, 0.4) is 0 Å². The van der Waals surface area contributed by atoms with E-state index in [2.05, 4.69) is 9.88 Å². The van der Waals surface area contributed by atoms with Crippen molar-refractivity contribution in [3.8, 4) is 0 Å². The van der Waals surface area contributed by atoms with Gasteiger partial charge in [-0.15, -0.1) is 0 Å². The predicted octanol–water partition coefficient (Wildman–Crippen LogP) is 0.129. The largest absolute Gasteiger partial charge is 0.465 e. The van der Waals surface area contributed by atoms with Gasteiger partial charge in [0.25, 0.3) is 0 Å². The maximum absolute atomic E-state index is 12.5. The number of carbonyl (C=O) groups excluding carboxylic acids is 2. The number of esters is 1. The summed E-state index contributed by atoms with van der Waals surface area (Å²) in [6.07, 6.45) is 2.10. The van der Waals surface area contributed by atoms with Gasteiger partial charge in [-0.05, 0) is 26.2 Å². The van der Waals surface area contributed by atoms with Crippen LogP contribution < -0.4 is 10.6 Å². The molecule has 1 amide bonds. The first kappa shape index (κ1) is 18.1. The van der Waals surface area contributed by atoms with Crippen LogP contribution in [0.25, 0.3) is 0 Å². The predicted molar refractivity (Wildman–Crippen MR) is 93.8 cm³/mol. The van der Waals surface area contributed by atoms with Gasteiger partial charge < -0.3 is 25.4 Å². The fourth-order valence-electron chi connectivity index (χ4n) is 3.19. The number of anilines is 1. The summed E-state index contributed by atoms with van der Waals surface area (Å²) in [5.74, 6) is -0.567. The lowest BCUT2D eigenvalue weighted by atomic mass is 9.74. The second-order valence-electron chi connectivity index (χ2n) is 6.65. The number of aromatic nitrogens is 1. The van der Waals surface area contributed by atoms with Gasteiger partial charge in [0, 0.05) is 26.2 Å². The number of thiazole rings is 1. The highest BCUT2D eigenvalue weighted by Gasteiger charge is 2.45. The highest BCUT2D eigenvalue weighted by Crippen LogP contribution is 2.34. The van der Waals surface area contributed by atoms with Crippen molar-refractivity contribution in [2.45, 2.75) is 37.8 Å². The van der Waals surface area contributed by atoms with Gasteiger partial charge in [-0.3, -0.25) is 4.79 Å². The van der Waals surface area contributed by atoms with Gasteiger partial charge in [0.2, 0.25) is 5.91 Å². The first-order valence-electron chi connectivity index (χ1n) is 8.43. The van der Waals surface area contributed by atoms with Crippen LogP contribution in [-0.2, 0) is 9.53 Å². The van der Waals surface area contributed by atoms with E-state index in [0.29, 0.717) is 49.6 Å². The summed E-state index contributed by atoms with van der Waals surface area (Å²) in [5, 5.41) is 11.0. The molecular formula is C16H24N4O4S. The summed E-state index contributed by atoms with van der Waals surface area (Å²) in [6, 6.07) is -0.846. The van der Waals surface area contributed by atoms with Crippen molar-refractivity contribution in [3.05, 3.63) is 10.6 Å². The monoisotopic (exact) mass is 368 g/mol. The number of hydrogen-bond donors (Lipinski definition) is 2. The lowest BCUT2D eigenvalue weighted by Gasteiger charge is -2.43. The standard InChI is InChI=1S/C16H24N4O4S/c1-10-11(14(22)24-2)25-15(18-10)20-8-6-19(7-9-20)13(21)12(17)16(23)4-3-5-16/h12,23H,3-9,17H2,1-2H3. The highest BCUT2D eigenvalue weighted by molar-refractivity contribution is 7.17. The molecule has 0 bridgehead atoms. The number of rotatable bonds is 4. The minimum absolute atomic E-state index is 0.188. The summed E-state index contributed by atoms with van der Waals surface area (Å²) in [7, 11) is 1.35. The molecule has 0 spiro atoms. The van der Waals surface area contributed by atoms with E-state index in [4.69, 9.17) is 10.5 Å². The average Bonchev–Trinajstić information content (AvgIpc) is 2.99. The molecule has 1 saturated heterocycles. The summed E-state index contributed by atoms with van der Waals surface area (Å²) in [6.45, 7) is 4.06. The van der Waals surface area contributed by atoms with Gasteiger partial charge in [0.15, 0.2) is 5.13 Å². The number of carbonyl (C=O) groups is 2. The molecule has 138 valence electrons. The molecule has 3 rings (SSSR count). The molecule has 1 unspecified atom stereocenters. The van der Waals surface area contributed by atoms with Gasteiger partial charge in [-0.2, -0.15) is 0 Å². The number of hydrogen-bond acceptors (Lipinski definition) is 8. The molecule has 1 saturated carbocycles. The minimum atomic E-state index is -1.03. The lowest BCUT2D eigenvalue weighted by Crippen LogP contribution is -2.62. The Morgan fingerprint density at radius 2 is 1.96 bits per heavy atom. The molecule has 2 heterocycles. The number of amides is 1. The second kappa shape index (κ2) is 6.89. The molecule has 8 nitrogen and oxygen atoms in total. The van der Waals surface area contributed by atoms with Gasteiger partial charge >= 0.3 is 5.97 Å². The Bertz CT molecular complexity index is 665. The number of piperazine rings is 1. The van der Waals surface area contributed by atoms with E-state index in [1.807, 2.05) is 0 Å². The first-order chi connectivity index (χ1) is 11.9. The second-order valence-corrected chi connectivity index (χ2v) is 7.63. The molecule has 25 heavy (non-hydrogen) atoms. The van der Waals surface area contributed by atoms with Crippen molar-refractivity contribution in [1.82, 2.24) is 9.88 Å². The van der Waals surface area contributed by atoms with E-state index >= 15 is 0 Å². The van der Waals surface area contributed by atoms with Gasteiger partial charge in [-0.25, -0.2) is 9.78 Å². The Balaban J connectivity index is 1.60. The van der Waals surface area contributed by atoms with Crippen molar-refractivity contribution in [3.63, 3.8) is 0 Å². The Labute approximate surface area is 150 Å². The van der Waals surface area contributed by atoms with Gasteiger partial charge in [0.1, 0.15) is 10.9 Å². The Kier molecular flexibility index (Phi) is 4.99. The van der Waals surface area contributed by atoms with Crippen LogP contribution in [0.4, 0.5) is 5.13 Å². The molecule has 2 aliphatic rings. The van der Waals surface area contributed by atoms with E-state index in [9.17, 15) is 14.7 Å². The number of aliphatic hydroxyl groups is 1. The van der Waals surface area contributed by atoms with Crippen molar-refractivity contribution >= 4 is 28.3 Å². The smallest absolute Gasteiger partial charge is 0.350 e. The number of methoxy groups -OCH3 is 1. The summed E-state index contributed by atoms with van der Waals surface area (Å²) >= 11 is 1.30. The molecule has 1 aliphatic heterocycles. The fourth-order valence-corrected chi connectivity index (χ4v) is 4.23. The molecule has 0 radical (unpaired) electrons. The molecule has 3 N–H and O–H groups in total. The minimum Gasteiger partial charge on any atom is -0.465 e. The number of ether oxygens (including phenoxy) is 1. The SMILES string of the molecule is COC(=O)c1sc(N2CCN(C(=O)C(N)C3(O)CCC3)CC2)nc1C. The van der Waals surface area contributed by atoms with Crippen LogP contribution in [0.1, 0.15) is 34.6 Å².